The zero-order chi connectivity index (χ0) is 12.3. The number of hydrogen-bond acceptors (Lipinski definition) is 2. The molecule has 0 aliphatic heterocycles. The quantitative estimate of drug-likeness (QED) is 0.794. The number of benzene rings is 1. The highest BCUT2D eigenvalue weighted by molar-refractivity contribution is 9.10. The van der Waals surface area contributed by atoms with Gasteiger partial charge in [0, 0.05) is 7.11 Å². The van der Waals surface area contributed by atoms with Crippen molar-refractivity contribution in [1.82, 2.24) is 0 Å². The molecule has 88 valence electrons. The summed E-state index contributed by atoms with van der Waals surface area (Å²) in [6.45, 7) is 3.73. The summed E-state index contributed by atoms with van der Waals surface area (Å²) in [7, 11) is 1.46. The molecule has 2 nitrogen and oxygen atoms in total. The van der Waals surface area contributed by atoms with Crippen molar-refractivity contribution in [3.8, 4) is 0 Å². The van der Waals surface area contributed by atoms with E-state index < -0.39 is 11.9 Å². The van der Waals surface area contributed by atoms with Gasteiger partial charge in [-0.25, -0.2) is 4.39 Å². The van der Waals surface area contributed by atoms with Crippen LogP contribution >= 0.6 is 15.9 Å². The van der Waals surface area contributed by atoms with Gasteiger partial charge in [-0.3, -0.25) is 4.79 Å². The highest BCUT2D eigenvalue weighted by Gasteiger charge is 2.25. The maximum atomic E-state index is 13.7. The zero-order valence-corrected chi connectivity index (χ0v) is 11.0. The van der Waals surface area contributed by atoms with Gasteiger partial charge in [0.2, 0.25) is 0 Å². The molecule has 0 fully saturated rings. The second kappa shape index (κ2) is 5.55. The van der Waals surface area contributed by atoms with Gasteiger partial charge < -0.3 is 4.74 Å². The summed E-state index contributed by atoms with van der Waals surface area (Å²) in [6.07, 6.45) is -0.608. The number of rotatable bonds is 4. The van der Waals surface area contributed by atoms with Crippen LogP contribution in [0.25, 0.3) is 0 Å². The fourth-order valence-corrected chi connectivity index (χ4v) is 1.90. The molecule has 0 saturated heterocycles. The first-order valence-electron chi connectivity index (χ1n) is 5.00. The lowest BCUT2D eigenvalue weighted by molar-refractivity contribution is 0.0454. The van der Waals surface area contributed by atoms with Crippen LogP contribution in [0, 0.1) is 11.7 Å². The highest BCUT2D eigenvalue weighted by atomic mass is 79.9. The number of methoxy groups -OCH3 is 1. The van der Waals surface area contributed by atoms with E-state index in [9.17, 15) is 9.18 Å². The number of hydrogen-bond donors (Lipinski definition) is 0. The van der Waals surface area contributed by atoms with Crippen molar-refractivity contribution in [2.75, 3.05) is 7.11 Å². The Bertz CT molecular complexity index is 391. The molecule has 1 aromatic rings. The third-order valence-corrected chi connectivity index (χ3v) is 2.95. The van der Waals surface area contributed by atoms with Crippen LogP contribution in [0.5, 0.6) is 0 Å². The number of Topliss-reactive ketones (excluding diaryl/α,β-unsaturated/α-hetero) is 1. The Kier molecular flexibility index (Phi) is 4.62. The van der Waals surface area contributed by atoms with Crippen molar-refractivity contribution in [3.63, 3.8) is 0 Å². The van der Waals surface area contributed by atoms with E-state index in [1.165, 1.54) is 13.2 Å². The number of ether oxygens (including phenoxy) is 1. The van der Waals surface area contributed by atoms with E-state index in [-0.39, 0.29) is 21.7 Å². The van der Waals surface area contributed by atoms with Crippen LogP contribution < -0.4 is 0 Å². The van der Waals surface area contributed by atoms with Crippen molar-refractivity contribution in [2.45, 2.75) is 20.0 Å². The first-order valence-corrected chi connectivity index (χ1v) is 5.79. The van der Waals surface area contributed by atoms with Crippen LogP contribution in [0.2, 0.25) is 0 Å². The summed E-state index contributed by atoms with van der Waals surface area (Å²) in [5.41, 5.74) is 0.0647. The summed E-state index contributed by atoms with van der Waals surface area (Å²) in [5.74, 6) is -0.845. The van der Waals surface area contributed by atoms with Gasteiger partial charge in [-0.1, -0.05) is 19.9 Å². The lowest BCUT2D eigenvalue weighted by Crippen LogP contribution is -2.29. The predicted molar refractivity (Wildman–Crippen MR) is 64.1 cm³/mol. The summed E-state index contributed by atoms with van der Waals surface area (Å²) in [5, 5.41) is 0. The van der Waals surface area contributed by atoms with Crippen molar-refractivity contribution in [1.29, 1.82) is 0 Å². The van der Waals surface area contributed by atoms with Crippen molar-refractivity contribution in [2.24, 2.45) is 5.92 Å². The molecule has 0 spiro atoms. The Morgan fingerprint density at radius 1 is 1.44 bits per heavy atom. The molecule has 0 radical (unpaired) electrons. The number of carbonyl (C=O) groups is 1. The second-order valence-corrected chi connectivity index (χ2v) is 4.72. The van der Waals surface area contributed by atoms with E-state index in [1.54, 1.807) is 12.1 Å². The maximum Gasteiger partial charge on any atom is 0.194 e. The maximum absolute atomic E-state index is 13.7. The van der Waals surface area contributed by atoms with Crippen LogP contribution in [0.4, 0.5) is 4.39 Å². The van der Waals surface area contributed by atoms with Crippen molar-refractivity contribution < 1.29 is 13.9 Å². The molecular formula is C12H14BrFO2. The highest BCUT2D eigenvalue weighted by Crippen LogP contribution is 2.22. The van der Waals surface area contributed by atoms with Gasteiger partial charge in [0.15, 0.2) is 5.78 Å². The lowest BCUT2D eigenvalue weighted by atomic mass is 9.97. The molecule has 0 aliphatic carbocycles. The first kappa shape index (κ1) is 13.3. The molecule has 4 heteroatoms. The fraction of sp³-hybridized carbons (Fsp3) is 0.417. The van der Waals surface area contributed by atoms with Gasteiger partial charge >= 0.3 is 0 Å². The molecule has 1 rings (SSSR count). The average Bonchev–Trinajstić information content (AvgIpc) is 2.22. The molecule has 0 aliphatic rings. The third-order valence-electron chi connectivity index (χ3n) is 2.33. The summed E-state index contributed by atoms with van der Waals surface area (Å²) < 4.78 is 19.1. The number of carbonyl (C=O) groups excluding carboxylic acids is 1. The zero-order valence-electron chi connectivity index (χ0n) is 9.46. The molecule has 16 heavy (non-hydrogen) atoms. The van der Waals surface area contributed by atoms with Crippen LogP contribution in [0.15, 0.2) is 22.7 Å². The molecule has 1 unspecified atom stereocenters. The minimum atomic E-state index is -0.608. The smallest absolute Gasteiger partial charge is 0.194 e. The molecule has 1 atom stereocenters. The molecule has 0 bridgehead atoms. The molecule has 0 amide bonds. The van der Waals surface area contributed by atoms with Gasteiger partial charge in [0.25, 0.3) is 0 Å². The van der Waals surface area contributed by atoms with Gasteiger partial charge in [-0.2, -0.15) is 0 Å². The third kappa shape index (κ3) is 2.68. The molecule has 0 N–H and O–H groups in total. The first-order chi connectivity index (χ1) is 7.49. The molecular weight excluding hydrogens is 275 g/mol. The number of ketones is 1. The largest absolute Gasteiger partial charge is 0.373 e. The summed E-state index contributed by atoms with van der Waals surface area (Å²) in [4.78, 5) is 12.0. The van der Waals surface area contributed by atoms with E-state index in [0.29, 0.717) is 0 Å². The normalized spacial score (nSPS) is 12.9. The van der Waals surface area contributed by atoms with Crippen LogP contribution in [-0.2, 0) is 4.74 Å². The monoisotopic (exact) mass is 288 g/mol. The van der Waals surface area contributed by atoms with Gasteiger partial charge in [-0.05, 0) is 34.0 Å². The minimum absolute atomic E-state index is 0.0101. The molecule has 0 heterocycles. The van der Waals surface area contributed by atoms with Crippen molar-refractivity contribution in [3.05, 3.63) is 34.1 Å². The van der Waals surface area contributed by atoms with Crippen LogP contribution in [-0.4, -0.2) is 19.0 Å². The minimum Gasteiger partial charge on any atom is -0.373 e. The summed E-state index contributed by atoms with van der Waals surface area (Å²) >= 11 is 3.05. The SMILES string of the molecule is COC(C(=O)c1cccc(Br)c1F)C(C)C. The van der Waals surface area contributed by atoms with E-state index in [4.69, 9.17) is 4.74 Å². The van der Waals surface area contributed by atoms with Crippen molar-refractivity contribution >= 4 is 21.7 Å². The van der Waals surface area contributed by atoms with E-state index in [1.807, 2.05) is 13.8 Å². The average molecular weight is 289 g/mol. The van der Waals surface area contributed by atoms with E-state index in [2.05, 4.69) is 15.9 Å². The Hall–Kier alpha value is -0.740. The second-order valence-electron chi connectivity index (χ2n) is 3.87. The van der Waals surface area contributed by atoms with E-state index in [0.717, 1.165) is 0 Å². The van der Waals surface area contributed by atoms with E-state index >= 15 is 0 Å². The Morgan fingerprint density at radius 3 is 2.56 bits per heavy atom. The Morgan fingerprint density at radius 2 is 2.06 bits per heavy atom. The number of halogens is 2. The molecule has 0 aromatic heterocycles. The van der Waals surface area contributed by atoms with Crippen LogP contribution in [0.1, 0.15) is 24.2 Å². The lowest BCUT2D eigenvalue weighted by Gasteiger charge is -2.18. The van der Waals surface area contributed by atoms with Crippen LogP contribution in [0.3, 0.4) is 0 Å². The van der Waals surface area contributed by atoms with Gasteiger partial charge in [-0.15, -0.1) is 0 Å². The van der Waals surface area contributed by atoms with Gasteiger partial charge in [0.1, 0.15) is 11.9 Å². The topological polar surface area (TPSA) is 26.3 Å². The standard InChI is InChI=1S/C12H14BrFO2/c1-7(2)12(16-3)11(15)8-5-4-6-9(13)10(8)14/h4-7,12H,1-3H3. The predicted octanol–water partition coefficient (Wildman–Crippen LogP) is 3.44. The molecule has 1 aromatic carbocycles. The Balaban J connectivity index is 3.09. The molecule has 0 saturated carbocycles. The van der Waals surface area contributed by atoms with Gasteiger partial charge in [0.05, 0.1) is 10.0 Å². The fourth-order valence-electron chi connectivity index (χ4n) is 1.53. The Labute approximate surface area is 103 Å². The summed E-state index contributed by atoms with van der Waals surface area (Å²) in [6, 6.07) is 4.66.